The van der Waals surface area contributed by atoms with Crippen LogP contribution in [0.1, 0.15) is 90.3 Å². The highest BCUT2D eigenvalue weighted by atomic mass is 19.4. The summed E-state index contributed by atoms with van der Waals surface area (Å²) in [5, 5.41) is 0. The maximum absolute atomic E-state index is 11.8. The van der Waals surface area contributed by atoms with Gasteiger partial charge in [-0.2, -0.15) is 13.2 Å². The summed E-state index contributed by atoms with van der Waals surface area (Å²) in [6, 6.07) is 23.6. The smallest absolute Gasteiger partial charge is 0.386 e. The van der Waals surface area contributed by atoms with Crippen molar-refractivity contribution < 1.29 is 27.4 Å². The van der Waals surface area contributed by atoms with Gasteiger partial charge in [0.1, 0.15) is 11.5 Å². The maximum Gasteiger partial charge on any atom is 0.386 e. The molecule has 1 atom stereocenters. The van der Waals surface area contributed by atoms with Gasteiger partial charge in [-0.15, -0.1) is 0 Å². The van der Waals surface area contributed by atoms with Crippen molar-refractivity contribution in [2.75, 3.05) is 6.61 Å². The summed E-state index contributed by atoms with van der Waals surface area (Å²) < 4.78 is 42.6. The Hall–Kier alpha value is -3.28. The molecule has 40 heavy (non-hydrogen) atoms. The second-order valence-corrected chi connectivity index (χ2v) is 11.1. The standard InChI is InChI=1S/C32H40O3.C2H3F3/c1-7-23(3)24-12-14-25(15-13-24)27-17-16-26(10-9-11-31(33)34-8-2)30(22-27)35-29-20-18-28(19-21-29)32(4,5)6;1-2(3,4)5/h12-23H,7-11H2,1-6H3;1H3. The molecule has 0 amide bonds. The zero-order chi connectivity index (χ0) is 29.9. The fraction of sp³-hybridized carbons (Fsp3) is 0.441. The minimum absolute atomic E-state index is 0.0954. The first-order valence-corrected chi connectivity index (χ1v) is 13.9. The lowest BCUT2D eigenvalue weighted by Gasteiger charge is -2.19. The third-order valence-corrected chi connectivity index (χ3v) is 6.57. The summed E-state index contributed by atoms with van der Waals surface area (Å²) in [5.41, 5.74) is 6.11. The Bertz CT molecular complexity index is 1190. The first-order valence-electron chi connectivity index (χ1n) is 13.9. The second kappa shape index (κ2) is 14.9. The van der Waals surface area contributed by atoms with E-state index in [0.717, 1.165) is 41.9 Å². The SMILES string of the molecule is CC(F)(F)F.CCOC(=O)CCCc1ccc(-c2ccc(C(C)CC)cc2)cc1Oc1ccc(C(C)(C)C)cc1. The highest BCUT2D eigenvalue weighted by Gasteiger charge is 2.16. The Morgan fingerprint density at radius 2 is 1.43 bits per heavy atom. The molecule has 0 aromatic heterocycles. The van der Waals surface area contributed by atoms with Crippen LogP contribution in [0.5, 0.6) is 11.5 Å². The van der Waals surface area contributed by atoms with Gasteiger partial charge in [-0.1, -0.05) is 83.1 Å². The van der Waals surface area contributed by atoms with E-state index in [0.29, 0.717) is 18.9 Å². The van der Waals surface area contributed by atoms with Gasteiger partial charge >= 0.3 is 12.1 Å². The van der Waals surface area contributed by atoms with Crippen LogP contribution in [-0.2, 0) is 21.4 Å². The minimum atomic E-state index is -4.00. The average molecular weight is 557 g/mol. The molecule has 0 fully saturated rings. The number of halogens is 3. The number of carbonyl (C=O) groups is 1. The lowest BCUT2D eigenvalue weighted by molar-refractivity contribution is -0.143. The van der Waals surface area contributed by atoms with E-state index in [4.69, 9.17) is 9.47 Å². The summed E-state index contributed by atoms with van der Waals surface area (Å²) in [6.45, 7) is 13.5. The number of hydrogen-bond acceptors (Lipinski definition) is 3. The Labute approximate surface area is 237 Å². The van der Waals surface area contributed by atoms with Crippen LogP contribution in [0.4, 0.5) is 13.2 Å². The van der Waals surface area contributed by atoms with Crippen LogP contribution < -0.4 is 4.74 Å². The van der Waals surface area contributed by atoms with Crippen molar-refractivity contribution in [2.24, 2.45) is 0 Å². The molecule has 3 rings (SSSR count). The molecule has 0 aliphatic rings. The van der Waals surface area contributed by atoms with Crippen LogP contribution >= 0.6 is 0 Å². The summed E-state index contributed by atoms with van der Waals surface area (Å²) in [4.78, 5) is 11.8. The maximum atomic E-state index is 11.8. The molecule has 0 radical (unpaired) electrons. The lowest BCUT2D eigenvalue weighted by atomic mass is 9.87. The highest BCUT2D eigenvalue weighted by molar-refractivity contribution is 5.69. The van der Waals surface area contributed by atoms with E-state index in [1.54, 1.807) is 0 Å². The van der Waals surface area contributed by atoms with E-state index in [1.807, 2.05) is 19.1 Å². The topological polar surface area (TPSA) is 35.5 Å². The molecular formula is C34H43F3O3. The zero-order valence-corrected chi connectivity index (χ0v) is 24.8. The van der Waals surface area contributed by atoms with E-state index >= 15 is 0 Å². The molecule has 0 spiro atoms. The van der Waals surface area contributed by atoms with Crippen LogP contribution in [0.15, 0.2) is 66.7 Å². The Morgan fingerprint density at radius 3 is 1.95 bits per heavy atom. The van der Waals surface area contributed by atoms with Crippen molar-refractivity contribution in [3.05, 3.63) is 83.4 Å². The van der Waals surface area contributed by atoms with E-state index in [-0.39, 0.29) is 18.3 Å². The quantitative estimate of drug-likeness (QED) is 0.233. The fourth-order valence-electron chi connectivity index (χ4n) is 4.08. The lowest BCUT2D eigenvalue weighted by Crippen LogP contribution is -2.10. The van der Waals surface area contributed by atoms with Crippen LogP contribution in [0.25, 0.3) is 11.1 Å². The van der Waals surface area contributed by atoms with E-state index in [9.17, 15) is 18.0 Å². The molecular weight excluding hydrogens is 513 g/mol. The number of alkyl halides is 3. The number of benzene rings is 3. The molecule has 3 aromatic carbocycles. The average Bonchev–Trinajstić information content (AvgIpc) is 2.88. The number of carbonyl (C=O) groups excluding carboxylic acids is 1. The minimum Gasteiger partial charge on any atom is -0.466 e. The number of rotatable bonds is 10. The number of esters is 1. The molecule has 0 heterocycles. The molecule has 3 aromatic rings. The molecule has 0 aliphatic carbocycles. The number of hydrogen-bond donors (Lipinski definition) is 0. The third-order valence-electron chi connectivity index (χ3n) is 6.57. The first-order chi connectivity index (χ1) is 18.7. The van der Waals surface area contributed by atoms with Gasteiger partial charge in [0.15, 0.2) is 0 Å². The van der Waals surface area contributed by atoms with Gasteiger partial charge in [-0.25, -0.2) is 0 Å². The first kappa shape index (κ1) is 32.9. The zero-order valence-electron chi connectivity index (χ0n) is 24.8. The van der Waals surface area contributed by atoms with Crippen LogP contribution in [0.3, 0.4) is 0 Å². The fourth-order valence-corrected chi connectivity index (χ4v) is 4.08. The number of ether oxygens (including phenoxy) is 2. The predicted octanol–water partition coefficient (Wildman–Crippen LogP) is 10.4. The van der Waals surface area contributed by atoms with Crippen LogP contribution in [-0.4, -0.2) is 18.8 Å². The molecule has 0 aliphatic heterocycles. The molecule has 0 saturated heterocycles. The molecule has 218 valence electrons. The van der Waals surface area contributed by atoms with Gasteiger partial charge in [0.2, 0.25) is 0 Å². The van der Waals surface area contributed by atoms with E-state index in [2.05, 4.69) is 89.2 Å². The largest absolute Gasteiger partial charge is 0.466 e. The van der Waals surface area contributed by atoms with Crippen molar-refractivity contribution in [3.63, 3.8) is 0 Å². The van der Waals surface area contributed by atoms with Gasteiger partial charge in [0.25, 0.3) is 0 Å². The summed E-state index contributed by atoms with van der Waals surface area (Å²) >= 11 is 0. The van der Waals surface area contributed by atoms with Crippen LogP contribution in [0, 0.1) is 0 Å². The van der Waals surface area contributed by atoms with Gasteiger partial charge in [-0.3, -0.25) is 4.79 Å². The van der Waals surface area contributed by atoms with Crippen LogP contribution in [0.2, 0.25) is 0 Å². The molecule has 6 heteroatoms. The van der Waals surface area contributed by atoms with Crippen molar-refractivity contribution in [2.45, 2.75) is 91.7 Å². The van der Waals surface area contributed by atoms with Gasteiger partial charge < -0.3 is 9.47 Å². The summed E-state index contributed by atoms with van der Waals surface area (Å²) in [7, 11) is 0. The van der Waals surface area contributed by atoms with E-state index < -0.39 is 6.18 Å². The normalized spacial score (nSPS) is 12.2. The van der Waals surface area contributed by atoms with Gasteiger partial charge in [-0.05, 0) is 83.5 Å². The van der Waals surface area contributed by atoms with E-state index in [1.165, 1.54) is 16.7 Å². The molecule has 1 unspecified atom stereocenters. The van der Waals surface area contributed by atoms with Crippen molar-refractivity contribution >= 4 is 5.97 Å². The Kier molecular flexibility index (Phi) is 12.3. The predicted molar refractivity (Wildman–Crippen MR) is 157 cm³/mol. The summed E-state index contributed by atoms with van der Waals surface area (Å²) in [6.07, 6.45) is -0.985. The Morgan fingerprint density at radius 1 is 0.850 bits per heavy atom. The molecule has 0 bridgehead atoms. The van der Waals surface area contributed by atoms with Crippen molar-refractivity contribution in [3.8, 4) is 22.6 Å². The van der Waals surface area contributed by atoms with Gasteiger partial charge in [0.05, 0.1) is 6.61 Å². The van der Waals surface area contributed by atoms with Crippen molar-refractivity contribution in [1.82, 2.24) is 0 Å². The number of aryl methyl sites for hydroxylation is 1. The van der Waals surface area contributed by atoms with Gasteiger partial charge in [0, 0.05) is 13.3 Å². The summed E-state index contributed by atoms with van der Waals surface area (Å²) in [5.74, 6) is 2.06. The molecule has 0 saturated carbocycles. The monoisotopic (exact) mass is 556 g/mol. The molecule has 3 nitrogen and oxygen atoms in total. The van der Waals surface area contributed by atoms with Crippen molar-refractivity contribution in [1.29, 1.82) is 0 Å². The Balaban J connectivity index is 0.00000103. The third kappa shape index (κ3) is 11.4. The molecule has 0 N–H and O–H groups in total. The highest BCUT2D eigenvalue weighted by Crippen LogP contribution is 2.34. The second-order valence-electron chi connectivity index (χ2n) is 11.1.